The Morgan fingerprint density at radius 3 is 3.17 bits per heavy atom. The van der Waals surface area contributed by atoms with E-state index in [1.165, 1.54) is 0 Å². The summed E-state index contributed by atoms with van der Waals surface area (Å²) in [6.45, 7) is 0.0766. The molecule has 18 heavy (non-hydrogen) atoms. The van der Waals surface area contributed by atoms with Crippen LogP contribution in [0.1, 0.15) is 0 Å². The van der Waals surface area contributed by atoms with Crippen LogP contribution in [0.3, 0.4) is 0 Å². The van der Waals surface area contributed by atoms with Crippen molar-refractivity contribution in [1.82, 2.24) is 10.2 Å². The first-order chi connectivity index (χ1) is 8.64. The zero-order chi connectivity index (χ0) is 12.6. The van der Waals surface area contributed by atoms with Crippen molar-refractivity contribution in [2.24, 2.45) is 0 Å². The Morgan fingerprint density at radius 2 is 2.39 bits per heavy atom. The first-order valence-electron chi connectivity index (χ1n) is 5.26. The molecule has 0 saturated carbocycles. The van der Waals surface area contributed by atoms with Crippen LogP contribution in [-0.4, -0.2) is 37.9 Å². The number of aromatic amines is 1. The molecule has 0 radical (unpaired) electrons. The Labute approximate surface area is 103 Å². The summed E-state index contributed by atoms with van der Waals surface area (Å²) in [5.74, 6) is 0.620. The predicted molar refractivity (Wildman–Crippen MR) is 61.3 cm³/mol. The molecule has 0 amide bonds. The number of hydrogen-bond donors (Lipinski definition) is 1. The van der Waals surface area contributed by atoms with Crippen LogP contribution < -0.4 is 4.74 Å². The summed E-state index contributed by atoms with van der Waals surface area (Å²) in [5, 5.41) is 7.56. The van der Waals surface area contributed by atoms with E-state index in [1.54, 1.807) is 12.3 Å². The fraction of sp³-hybridized carbons (Fsp3) is 0.300. The fourth-order valence-corrected chi connectivity index (χ4v) is 2.53. The highest BCUT2D eigenvalue weighted by Gasteiger charge is 2.30. The summed E-state index contributed by atoms with van der Waals surface area (Å²) in [4.78, 5) is 0. The molecule has 2 aromatic rings. The number of ether oxygens (including phenoxy) is 1. The Hall–Kier alpha value is -1.64. The molecule has 0 bridgehead atoms. The second-order valence-electron chi connectivity index (χ2n) is 3.81. The molecular weight excluding hydrogens is 260 g/mol. The molecule has 8 heteroatoms. The van der Waals surface area contributed by atoms with Gasteiger partial charge in [0.2, 0.25) is 0 Å². The summed E-state index contributed by atoms with van der Waals surface area (Å²) in [6, 6.07) is 5.47. The highest BCUT2D eigenvalue weighted by atomic mass is 32.3. The van der Waals surface area contributed by atoms with Crippen LogP contribution in [0.15, 0.2) is 24.4 Å². The lowest BCUT2D eigenvalue weighted by molar-refractivity contribution is 0.150. The molecule has 0 aliphatic carbocycles. The van der Waals surface area contributed by atoms with Crippen molar-refractivity contribution < 1.29 is 21.5 Å². The molecule has 1 fully saturated rings. The van der Waals surface area contributed by atoms with Gasteiger partial charge in [0.05, 0.1) is 23.7 Å². The molecular formula is C10H10N2O5S. The van der Waals surface area contributed by atoms with E-state index in [0.717, 1.165) is 10.9 Å². The Bertz CT molecular complexity index is 666. The summed E-state index contributed by atoms with van der Waals surface area (Å²) in [6.07, 6.45) is 1.03. The number of nitrogens with one attached hydrogen (secondary N) is 1. The minimum absolute atomic E-state index is 0.0241. The van der Waals surface area contributed by atoms with Gasteiger partial charge < -0.3 is 4.74 Å². The summed E-state index contributed by atoms with van der Waals surface area (Å²) in [7, 11) is -3.83. The number of benzene rings is 1. The highest BCUT2D eigenvalue weighted by Crippen LogP contribution is 2.24. The predicted octanol–water partition coefficient (Wildman–Crippen LogP) is 0.602. The van der Waals surface area contributed by atoms with Crippen molar-refractivity contribution in [3.63, 3.8) is 0 Å². The van der Waals surface area contributed by atoms with Gasteiger partial charge in [-0.15, -0.1) is 0 Å². The number of aromatic nitrogens is 2. The van der Waals surface area contributed by atoms with Crippen LogP contribution in [0, 0.1) is 0 Å². The number of rotatable bonds is 3. The van der Waals surface area contributed by atoms with Crippen LogP contribution in [0.2, 0.25) is 0 Å². The number of hydrogen-bond acceptors (Lipinski definition) is 6. The Morgan fingerprint density at radius 1 is 1.50 bits per heavy atom. The molecule has 7 nitrogen and oxygen atoms in total. The minimum Gasteiger partial charge on any atom is -0.490 e. The summed E-state index contributed by atoms with van der Waals surface area (Å²) < 4.78 is 36.5. The first-order valence-corrected chi connectivity index (χ1v) is 6.60. The van der Waals surface area contributed by atoms with Gasteiger partial charge in [0.1, 0.15) is 18.5 Å². The maximum Gasteiger partial charge on any atom is 0.400 e. The average Bonchev–Trinajstić information content (AvgIpc) is 2.92. The van der Waals surface area contributed by atoms with Crippen LogP contribution in [0.25, 0.3) is 10.9 Å². The Balaban J connectivity index is 1.72. The molecule has 0 unspecified atom stereocenters. The first kappa shape index (κ1) is 11.5. The van der Waals surface area contributed by atoms with Crippen molar-refractivity contribution in [2.75, 3.05) is 13.2 Å². The summed E-state index contributed by atoms with van der Waals surface area (Å²) >= 11 is 0. The van der Waals surface area contributed by atoms with E-state index in [1.807, 2.05) is 12.1 Å². The van der Waals surface area contributed by atoms with Gasteiger partial charge in [-0.3, -0.25) is 5.10 Å². The smallest absolute Gasteiger partial charge is 0.400 e. The third-order valence-corrected chi connectivity index (χ3v) is 3.45. The van der Waals surface area contributed by atoms with Crippen LogP contribution in [0.4, 0.5) is 0 Å². The number of nitrogens with zero attached hydrogens (tertiary/aromatic N) is 1. The van der Waals surface area contributed by atoms with E-state index in [4.69, 9.17) is 4.74 Å². The standard InChI is InChI=1S/C10H10N2O5S/c13-18(14)16-6-7(17-18)5-15-10-3-1-2-9-8(10)4-11-12-9/h1-4,7H,5-6H2,(H,11,12)/t7-/m1/s1. The third kappa shape index (κ3) is 2.17. The maximum atomic E-state index is 10.9. The SMILES string of the molecule is O=S1(=O)OC[C@@H](COc2cccc3[nH]ncc23)O1. The van der Waals surface area contributed by atoms with Gasteiger partial charge in [-0.25, -0.2) is 8.37 Å². The number of H-pyrrole nitrogens is 1. The van der Waals surface area contributed by atoms with Gasteiger partial charge in [0.15, 0.2) is 0 Å². The second-order valence-corrected chi connectivity index (χ2v) is 5.05. The monoisotopic (exact) mass is 270 g/mol. The normalized spacial score (nSPS) is 22.3. The fourth-order valence-electron chi connectivity index (χ4n) is 1.71. The van der Waals surface area contributed by atoms with Gasteiger partial charge in [-0.05, 0) is 12.1 Å². The molecule has 3 rings (SSSR count). The van der Waals surface area contributed by atoms with Crippen LogP contribution in [0.5, 0.6) is 5.75 Å². The molecule has 2 heterocycles. The van der Waals surface area contributed by atoms with Gasteiger partial charge in [0, 0.05) is 0 Å². The lowest BCUT2D eigenvalue weighted by Gasteiger charge is -2.09. The highest BCUT2D eigenvalue weighted by molar-refractivity contribution is 7.82. The molecule has 1 aliphatic heterocycles. The lowest BCUT2D eigenvalue weighted by Crippen LogP contribution is -2.20. The van der Waals surface area contributed by atoms with Gasteiger partial charge in [0.25, 0.3) is 0 Å². The van der Waals surface area contributed by atoms with Crippen molar-refractivity contribution in [2.45, 2.75) is 6.10 Å². The molecule has 1 aromatic carbocycles. The average molecular weight is 270 g/mol. The molecule has 1 aliphatic rings. The molecule has 1 atom stereocenters. The molecule has 0 spiro atoms. The van der Waals surface area contributed by atoms with E-state index >= 15 is 0 Å². The quantitative estimate of drug-likeness (QED) is 0.878. The Kier molecular flexibility index (Phi) is 2.69. The lowest BCUT2D eigenvalue weighted by atomic mass is 10.2. The van der Waals surface area contributed by atoms with Crippen LogP contribution >= 0.6 is 0 Å². The van der Waals surface area contributed by atoms with Gasteiger partial charge in [-0.1, -0.05) is 6.07 Å². The van der Waals surface area contributed by atoms with Gasteiger partial charge in [-0.2, -0.15) is 13.5 Å². The van der Waals surface area contributed by atoms with Crippen molar-refractivity contribution in [1.29, 1.82) is 0 Å². The molecule has 1 saturated heterocycles. The minimum atomic E-state index is -3.83. The van der Waals surface area contributed by atoms with E-state index < -0.39 is 16.5 Å². The zero-order valence-corrected chi connectivity index (χ0v) is 10.0. The van der Waals surface area contributed by atoms with Crippen molar-refractivity contribution in [3.8, 4) is 5.75 Å². The van der Waals surface area contributed by atoms with Crippen molar-refractivity contribution >= 4 is 21.3 Å². The largest absolute Gasteiger partial charge is 0.490 e. The van der Waals surface area contributed by atoms with E-state index in [9.17, 15) is 8.42 Å². The van der Waals surface area contributed by atoms with E-state index in [0.29, 0.717) is 5.75 Å². The third-order valence-electron chi connectivity index (χ3n) is 2.52. The second kappa shape index (κ2) is 4.23. The number of fused-ring (bicyclic) bond motifs is 1. The van der Waals surface area contributed by atoms with E-state index in [2.05, 4.69) is 18.6 Å². The van der Waals surface area contributed by atoms with Crippen molar-refractivity contribution in [3.05, 3.63) is 24.4 Å². The topological polar surface area (TPSA) is 90.5 Å². The summed E-state index contributed by atoms with van der Waals surface area (Å²) in [5.41, 5.74) is 0.851. The maximum absolute atomic E-state index is 10.9. The zero-order valence-electron chi connectivity index (χ0n) is 9.20. The molecule has 1 aromatic heterocycles. The molecule has 1 N–H and O–H groups in total. The van der Waals surface area contributed by atoms with Crippen LogP contribution in [-0.2, 0) is 18.8 Å². The molecule has 96 valence electrons. The van der Waals surface area contributed by atoms with E-state index in [-0.39, 0.29) is 13.2 Å². The van der Waals surface area contributed by atoms with Gasteiger partial charge >= 0.3 is 10.4 Å².